The predicted molar refractivity (Wildman–Crippen MR) is 89.2 cm³/mol. The Kier molecular flexibility index (Phi) is 6.05. The maximum atomic E-state index is 5.57. The highest BCUT2D eigenvalue weighted by Gasteiger charge is 2.05. The number of ether oxygens (including phenoxy) is 2. The van der Waals surface area contributed by atoms with E-state index in [1.54, 1.807) is 19.2 Å². The summed E-state index contributed by atoms with van der Waals surface area (Å²) in [5.74, 6) is 1.67. The van der Waals surface area contributed by atoms with Crippen LogP contribution in [0.1, 0.15) is 6.92 Å². The van der Waals surface area contributed by atoms with E-state index in [0.29, 0.717) is 29.2 Å². The van der Waals surface area contributed by atoms with Gasteiger partial charge < -0.3 is 20.1 Å². The molecule has 0 aliphatic rings. The molecule has 0 bridgehead atoms. The second-order valence-corrected chi connectivity index (χ2v) is 5.04. The number of aromatic nitrogens is 2. The van der Waals surface area contributed by atoms with E-state index >= 15 is 0 Å². The first-order valence-corrected chi connectivity index (χ1v) is 7.21. The van der Waals surface area contributed by atoms with Crippen molar-refractivity contribution in [2.24, 2.45) is 0 Å². The van der Waals surface area contributed by atoms with Crippen molar-refractivity contribution in [3.63, 3.8) is 0 Å². The molecule has 2 rings (SSSR count). The Hall–Kier alpha value is -2.25. The smallest absolute Gasteiger partial charge is 0.238 e. The molecule has 0 aliphatic heterocycles. The Labute approximate surface area is 134 Å². The lowest BCUT2D eigenvalue weighted by Crippen LogP contribution is -2.38. The van der Waals surface area contributed by atoms with Gasteiger partial charge in [-0.1, -0.05) is 18.2 Å². The molecule has 0 spiro atoms. The van der Waals surface area contributed by atoms with Crippen LogP contribution in [-0.4, -0.2) is 35.1 Å². The van der Waals surface area contributed by atoms with E-state index in [4.69, 9.17) is 21.7 Å². The Balaban J connectivity index is 1.88. The SMILES string of the molecule is COC[C@@H](C)NC(=S)Nc1ccc(Oc2ccccc2)nn1. The molecule has 0 fully saturated rings. The van der Waals surface area contributed by atoms with E-state index in [1.807, 2.05) is 37.3 Å². The first-order chi connectivity index (χ1) is 10.7. The van der Waals surface area contributed by atoms with Gasteiger partial charge >= 0.3 is 0 Å². The van der Waals surface area contributed by atoms with Crippen LogP contribution in [0.4, 0.5) is 5.82 Å². The van der Waals surface area contributed by atoms with Gasteiger partial charge in [-0.3, -0.25) is 0 Å². The zero-order chi connectivity index (χ0) is 15.8. The predicted octanol–water partition coefficient (Wildman–Crippen LogP) is 2.59. The topological polar surface area (TPSA) is 68.3 Å². The summed E-state index contributed by atoms with van der Waals surface area (Å²) in [5, 5.41) is 14.5. The van der Waals surface area contributed by atoms with Crippen LogP contribution >= 0.6 is 12.2 Å². The molecule has 22 heavy (non-hydrogen) atoms. The van der Waals surface area contributed by atoms with Crippen LogP contribution in [0, 0.1) is 0 Å². The quantitative estimate of drug-likeness (QED) is 0.793. The molecular weight excluding hydrogens is 300 g/mol. The van der Waals surface area contributed by atoms with E-state index in [9.17, 15) is 0 Å². The zero-order valence-corrected chi connectivity index (χ0v) is 13.3. The van der Waals surface area contributed by atoms with Crippen LogP contribution in [-0.2, 0) is 4.74 Å². The average Bonchev–Trinajstić information content (AvgIpc) is 2.50. The van der Waals surface area contributed by atoms with Crippen molar-refractivity contribution >= 4 is 23.1 Å². The summed E-state index contributed by atoms with van der Waals surface area (Å²) in [5.41, 5.74) is 0. The lowest BCUT2D eigenvalue weighted by Gasteiger charge is -2.15. The van der Waals surface area contributed by atoms with Gasteiger partial charge in [0.05, 0.1) is 6.61 Å². The molecule has 0 radical (unpaired) electrons. The second-order valence-electron chi connectivity index (χ2n) is 4.63. The van der Waals surface area contributed by atoms with Crippen molar-refractivity contribution in [3.8, 4) is 11.6 Å². The largest absolute Gasteiger partial charge is 0.438 e. The van der Waals surface area contributed by atoms with Crippen LogP contribution in [0.15, 0.2) is 42.5 Å². The van der Waals surface area contributed by atoms with E-state index in [-0.39, 0.29) is 6.04 Å². The van der Waals surface area contributed by atoms with Crippen molar-refractivity contribution < 1.29 is 9.47 Å². The first-order valence-electron chi connectivity index (χ1n) is 6.80. The molecule has 2 aromatic rings. The number of nitrogens with zero attached hydrogens (tertiary/aromatic N) is 2. The van der Waals surface area contributed by atoms with Gasteiger partial charge in [0.1, 0.15) is 5.75 Å². The number of anilines is 1. The highest BCUT2D eigenvalue weighted by atomic mass is 32.1. The van der Waals surface area contributed by atoms with Gasteiger partial charge in [-0.15, -0.1) is 10.2 Å². The number of benzene rings is 1. The fourth-order valence-corrected chi connectivity index (χ4v) is 2.02. The summed E-state index contributed by atoms with van der Waals surface area (Å²) in [6, 6.07) is 13.0. The van der Waals surface area contributed by atoms with Gasteiger partial charge in [-0.25, -0.2) is 0 Å². The highest BCUT2D eigenvalue weighted by molar-refractivity contribution is 7.80. The molecule has 0 saturated heterocycles. The van der Waals surface area contributed by atoms with Crippen LogP contribution < -0.4 is 15.4 Å². The standard InChI is InChI=1S/C15H18N4O2S/c1-11(10-20-2)16-15(22)17-13-8-9-14(19-18-13)21-12-6-4-3-5-7-12/h3-9,11H,10H2,1-2H3,(H2,16,17,18,22)/t11-/m1/s1. The Morgan fingerprint density at radius 2 is 1.95 bits per heavy atom. The molecule has 1 heterocycles. The average molecular weight is 318 g/mol. The molecule has 6 nitrogen and oxygen atoms in total. The fourth-order valence-electron chi connectivity index (χ4n) is 1.72. The van der Waals surface area contributed by atoms with E-state index < -0.39 is 0 Å². The molecular formula is C15H18N4O2S. The zero-order valence-electron chi connectivity index (χ0n) is 12.4. The molecule has 2 N–H and O–H groups in total. The van der Waals surface area contributed by atoms with E-state index in [1.165, 1.54) is 0 Å². The Morgan fingerprint density at radius 3 is 2.59 bits per heavy atom. The van der Waals surface area contributed by atoms with E-state index in [2.05, 4.69) is 20.8 Å². The van der Waals surface area contributed by atoms with Crippen LogP contribution in [0.3, 0.4) is 0 Å². The minimum atomic E-state index is 0.110. The molecule has 0 saturated carbocycles. The fraction of sp³-hybridized carbons (Fsp3) is 0.267. The number of methoxy groups -OCH3 is 1. The number of hydrogen-bond donors (Lipinski definition) is 2. The number of hydrogen-bond acceptors (Lipinski definition) is 5. The van der Waals surface area contributed by atoms with Crippen molar-refractivity contribution in [1.82, 2.24) is 15.5 Å². The monoisotopic (exact) mass is 318 g/mol. The molecule has 0 unspecified atom stereocenters. The third kappa shape index (κ3) is 5.27. The van der Waals surface area contributed by atoms with Gasteiger partial charge in [0.2, 0.25) is 5.88 Å². The van der Waals surface area contributed by atoms with Gasteiger partial charge in [0.15, 0.2) is 10.9 Å². The molecule has 7 heteroatoms. The number of nitrogens with one attached hydrogen (secondary N) is 2. The van der Waals surface area contributed by atoms with Crippen molar-refractivity contribution in [3.05, 3.63) is 42.5 Å². The maximum absolute atomic E-state index is 5.57. The summed E-state index contributed by atoms with van der Waals surface area (Å²) in [6.45, 7) is 2.54. The maximum Gasteiger partial charge on any atom is 0.238 e. The normalized spacial score (nSPS) is 11.5. The third-order valence-electron chi connectivity index (χ3n) is 2.64. The summed E-state index contributed by atoms with van der Waals surface area (Å²) in [7, 11) is 1.64. The summed E-state index contributed by atoms with van der Waals surface area (Å²) < 4.78 is 10.6. The molecule has 1 aromatic carbocycles. The molecule has 0 aliphatic carbocycles. The summed E-state index contributed by atoms with van der Waals surface area (Å²) in [4.78, 5) is 0. The minimum Gasteiger partial charge on any atom is -0.438 e. The highest BCUT2D eigenvalue weighted by Crippen LogP contribution is 2.18. The van der Waals surface area contributed by atoms with Crippen molar-refractivity contribution in [2.45, 2.75) is 13.0 Å². The molecule has 1 aromatic heterocycles. The van der Waals surface area contributed by atoms with Gasteiger partial charge in [-0.2, -0.15) is 0 Å². The lowest BCUT2D eigenvalue weighted by molar-refractivity contribution is 0.179. The van der Waals surface area contributed by atoms with Crippen LogP contribution in [0.5, 0.6) is 11.6 Å². The molecule has 116 valence electrons. The second kappa shape index (κ2) is 8.26. The van der Waals surface area contributed by atoms with E-state index in [0.717, 1.165) is 0 Å². The lowest BCUT2D eigenvalue weighted by atomic mass is 10.3. The number of thiocarbonyl (C=S) groups is 1. The number of para-hydroxylation sites is 1. The third-order valence-corrected chi connectivity index (χ3v) is 2.86. The Morgan fingerprint density at radius 1 is 1.18 bits per heavy atom. The Bertz CT molecular complexity index is 592. The van der Waals surface area contributed by atoms with Gasteiger partial charge in [0, 0.05) is 19.2 Å². The molecule has 1 atom stereocenters. The van der Waals surface area contributed by atoms with Gasteiger partial charge in [-0.05, 0) is 37.3 Å². The van der Waals surface area contributed by atoms with Crippen LogP contribution in [0.2, 0.25) is 0 Å². The summed E-state index contributed by atoms with van der Waals surface area (Å²) >= 11 is 5.19. The summed E-state index contributed by atoms with van der Waals surface area (Å²) in [6.07, 6.45) is 0. The number of rotatable bonds is 6. The minimum absolute atomic E-state index is 0.110. The molecule has 0 amide bonds. The van der Waals surface area contributed by atoms with Crippen molar-refractivity contribution in [2.75, 3.05) is 19.0 Å². The first kappa shape index (κ1) is 16.1. The van der Waals surface area contributed by atoms with Crippen LogP contribution in [0.25, 0.3) is 0 Å². The van der Waals surface area contributed by atoms with Crippen molar-refractivity contribution in [1.29, 1.82) is 0 Å². The van der Waals surface area contributed by atoms with Gasteiger partial charge in [0.25, 0.3) is 0 Å².